The Balaban J connectivity index is 3.05. The third-order valence-corrected chi connectivity index (χ3v) is 3.46. The van der Waals surface area contributed by atoms with Gasteiger partial charge >= 0.3 is 6.18 Å². The van der Waals surface area contributed by atoms with Gasteiger partial charge in [-0.2, -0.15) is 17.6 Å². The fourth-order valence-corrected chi connectivity index (χ4v) is 1.64. The van der Waals surface area contributed by atoms with Crippen molar-refractivity contribution in [2.24, 2.45) is 4.40 Å². The number of benzene rings is 1. The predicted molar refractivity (Wildman–Crippen MR) is 66.9 cm³/mol. The van der Waals surface area contributed by atoms with Gasteiger partial charge in [0.25, 0.3) is 0 Å². The summed E-state index contributed by atoms with van der Waals surface area (Å²) in [5, 5.41) is 0. The summed E-state index contributed by atoms with van der Waals surface area (Å²) in [5.41, 5.74) is -1.32. The first-order chi connectivity index (χ1) is 8.51. The van der Waals surface area contributed by atoms with Crippen molar-refractivity contribution in [3.63, 3.8) is 0 Å². The van der Waals surface area contributed by atoms with E-state index in [9.17, 15) is 21.8 Å². The van der Waals surface area contributed by atoms with Crippen LogP contribution in [0.5, 0.6) is 0 Å². The van der Waals surface area contributed by atoms with Crippen LogP contribution in [0.4, 0.5) is 17.6 Å². The quantitative estimate of drug-likeness (QED) is 0.604. The molecule has 19 heavy (non-hydrogen) atoms. The van der Waals surface area contributed by atoms with E-state index in [0.717, 1.165) is 12.3 Å². The summed E-state index contributed by atoms with van der Waals surface area (Å²) in [6, 6.07) is 2.50. The fraction of sp³-hybridized carbons (Fsp3) is 0.417. The molecule has 0 fully saturated rings. The minimum atomic E-state index is -4.77. The van der Waals surface area contributed by atoms with E-state index in [1.54, 1.807) is 20.8 Å². The molecule has 0 unspecified atom stereocenters. The number of alkyl halides is 3. The highest BCUT2D eigenvalue weighted by Crippen LogP contribution is 2.31. The van der Waals surface area contributed by atoms with Crippen LogP contribution in [-0.4, -0.2) is 15.2 Å². The van der Waals surface area contributed by atoms with Crippen molar-refractivity contribution in [3.05, 3.63) is 35.1 Å². The molecule has 0 aliphatic rings. The Bertz CT molecular complexity index is 517. The van der Waals surface area contributed by atoms with Gasteiger partial charge in [-0.15, -0.1) is 0 Å². The Labute approximate surface area is 111 Å². The van der Waals surface area contributed by atoms with Gasteiger partial charge in [-0.3, -0.25) is 0 Å². The van der Waals surface area contributed by atoms with Gasteiger partial charge in [-0.25, -0.2) is 8.60 Å². The highest BCUT2D eigenvalue weighted by atomic mass is 32.2. The van der Waals surface area contributed by atoms with Gasteiger partial charge in [0.2, 0.25) is 0 Å². The summed E-state index contributed by atoms with van der Waals surface area (Å²) in [5.74, 6) is -1.35. The van der Waals surface area contributed by atoms with E-state index in [0.29, 0.717) is 12.1 Å². The highest BCUT2D eigenvalue weighted by molar-refractivity contribution is 7.85. The molecular weight excluding hydrogens is 282 g/mol. The van der Waals surface area contributed by atoms with Crippen molar-refractivity contribution in [1.82, 2.24) is 0 Å². The lowest BCUT2D eigenvalue weighted by atomic mass is 10.1. The third kappa shape index (κ3) is 4.41. The van der Waals surface area contributed by atoms with Gasteiger partial charge in [-0.05, 0) is 38.5 Å². The van der Waals surface area contributed by atoms with Crippen molar-refractivity contribution in [2.75, 3.05) is 0 Å². The average Bonchev–Trinajstić information content (AvgIpc) is 2.24. The van der Waals surface area contributed by atoms with E-state index >= 15 is 0 Å². The fourth-order valence-electron chi connectivity index (χ4n) is 1.11. The molecule has 0 N–H and O–H groups in total. The average molecular weight is 295 g/mol. The van der Waals surface area contributed by atoms with Gasteiger partial charge in [0.1, 0.15) is 16.8 Å². The molecular formula is C12H13F4NOS. The molecule has 0 aliphatic carbocycles. The zero-order valence-corrected chi connectivity index (χ0v) is 11.4. The molecule has 2 nitrogen and oxygen atoms in total. The molecule has 0 saturated carbocycles. The summed E-state index contributed by atoms with van der Waals surface area (Å²) in [4.78, 5) is 0. The van der Waals surface area contributed by atoms with Gasteiger partial charge < -0.3 is 0 Å². The zero-order valence-electron chi connectivity index (χ0n) is 10.6. The Morgan fingerprint density at radius 2 is 1.79 bits per heavy atom. The Kier molecular flexibility index (Phi) is 4.50. The number of hydrogen-bond donors (Lipinski definition) is 0. The van der Waals surface area contributed by atoms with Crippen molar-refractivity contribution in [3.8, 4) is 0 Å². The molecule has 1 aromatic carbocycles. The molecule has 0 spiro atoms. The molecule has 7 heteroatoms. The van der Waals surface area contributed by atoms with Gasteiger partial charge in [0.15, 0.2) is 0 Å². The van der Waals surface area contributed by atoms with Crippen LogP contribution in [0.3, 0.4) is 0 Å². The first kappa shape index (κ1) is 15.8. The van der Waals surface area contributed by atoms with Crippen LogP contribution in [0, 0.1) is 5.82 Å². The van der Waals surface area contributed by atoms with Crippen molar-refractivity contribution >= 4 is 17.2 Å². The Morgan fingerprint density at radius 3 is 2.26 bits per heavy atom. The molecule has 0 heterocycles. The van der Waals surface area contributed by atoms with E-state index in [4.69, 9.17) is 0 Å². The lowest BCUT2D eigenvalue weighted by Gasteiger charge is -2.13. The molecule has 0 saturated heterocycles. The lowest BCUT2D eigenvalue weighted by Crippen LogP contribution is -2.19. The number of hydrogen-bond acceptors (Lipinski definition) is 1. The van der Waals surface area contributed by atoms with Crippen molar-refractivity contribution in [1.29, 1.82) is 0 Å². The van der Waals surface area contributed by atoms with Gasteiger partial charge in [0.05, 0.1) is 10.3 Å². The monoisotopic (exact) mass is 295 g/mol. The minimum Gasteiger partial charge on any atom is -0.234 e. The van der Waals surface area contributed by atoms with Crippen LogP contribution in [0.25, 0.3) is 0 Å². The van der Waals surface area contributed by atoms with E-state index < -0.39 is 33.3 Å². The van der Waals surface area contributed by atoms with Crippen LogP contribution < -0.4 is 0 Å². The van der Waals surface area contributed by atoms with E-state index in [-0.39, 0.29) is 5.56 Å². The van der Waals surface area contributed by atoms with Crippen LogP contribution in [0.2, 0.25) is 0 Å². The third-order valence-electron chi connectivity index (χ3n) is 2.12. The molecule has 1 atom stereocenters. The molecule has 0 aliphatic heterocycles. The number of nitrogens with zero attached hydrogens (tertiary/aromatic N) is 1. The normalized spacial score (nSPS) is 14.9. The second-order valence-corrected chi connectivity index (χ2v) is 6.77. The van der Waals surface area contributed by atoms with E-state index in [2.05, 4.69) is 4.40 Å². The van der Waals surface area contributed by atoms with Crippen LogP contribution >= 0.6 is 0 Å². The summed E-state index contributed by atoms with van der Waals surface area (Å²) >= 11 is 0. The maximum atomic E-state index is 13.0. The first-order valence-corrected chi connectivity index (χ1v) is 6.45. The summed E-state index contributed by atoms with van der Waals surface area (Å²) in [7, 11) is -1.58. The standard InChI is InChI=1S/C12H13F4NOS/c1-11(2,3)19(18)17-7-8-4-5-10(13)9(6-8)12(14,15)16/h4-7H,1-3H3/t19-/m1/s1. The molecule has 0 aromatic heterocycles. The topological polar surface area (TPSA) is 29.4 Å². The Hall–Kier alpha value is -1.24. The molecule has 0 amide bonds. The summed E-state index contributed by atoms with van der Waals surface area (Å²) in [6.07, 6.45) is -3.72. The second kappa shape index (κ2) is 5.40. The zero-order chi connectivity index (χ0) is 14.8. The Morgan fingerprint density at radius 1 is 1.21 bits per heavy atom. The largest absolute Gasteiger partial charge is 0.419 e. The van der Waals surface area contributed by atoms with Crippen molar-refractivity contribution < 1.29 is 21.8 Å². The van der Waals surface area contributed by atoms with E-state index in [1.165, 1.54) is 0 Å². The lowest BCUT2D eigenvalue weighted by molar-refractivity contribution is -0.140. The summed E-state index contributed by atoms with van der Waals surface area (Å²) in [6.45, 7) is 5.06. The predicted octanol–water partition coefficient (Wildman–Crippen LogP) is 3.73. The smallest absolute Gasteiger partial charge is 0.234 e. The van der Waals surface area contributed by atoms with E-state index in [1.807, 2.05) is 0 Å². The first-order valence-electron chi connectivity index (χ1n) is 5.34. The number of halogens is 4. The molecule has 0 bridgehead atoms. The summed E-state index contributed by atoms with van der Waals surface area (Å²) < 4.78 is 65.1. The number of rotatable bonds is 2. The van der Waals surface area contributed by atoms with Crippen LogP contribution in [-0.2, 0) is 17.2 Å². The van der Waals surface area contributed by atoms with Crippen LogP contribution in [0.1, 0.15) is 31.9 Å². The second-order valence-electron chi connectivity index (χ2n) is 4.83. The molecule has 1 rings (SSSR count). The van der Waals surface area contributed by atoms with Gasteiger partial charge in [-0.1, -0.05) is 6.07 Å². The maximum Gasteiger partial charge on any atom is 0.419 e. The molecule has 1 aromatic rings. The SMILES string of the molecule is CC(C)(C)[S@@](=O)N=Cc1ccc(F)c(C(F)(F)F)c1. The van der Waals surface area contributed by atoms with Gasteiger partial charge in [0, 0.05) is 6.21 Å². The van der Waals surface area contributed by atoms with Crippen molar-refractivity contribution in [2.45, 2.75) is 31.7 Å². The maximum absolute atomic E-state index is 13.0. The highest BCUT2D eigenvalue weighted by Gasteiger charge is 2.34. The van der Waals surface area contributed by atoms with Crippen LogP contribution in [0.15, 0.2) is 22.6 Å². The molecule has 106 valence electrons. The minimum absolute atomic E-state index is 0.0475. The molecule has 0 radical (unpaired) electrons.